The second-order valence-corrected chi connectivity index (χ2v) is 4.66. The predicted molar refractivity (Wildman–Crippen MR) is 53.9 cm³/mol. The standard InChI is InChI=1S/C10H17F3N2O/c1-9(3-2-4-9)6-14-5-8(16)15-7-10(11,12)13/h14H,2-7H2,1H3,(H,15,16). The molecule has 0 atom stereocenters. The number of carbonyl (C=O) groups excluding carboxylic acids is 1. The van der Waals surface area contributed by atoms with Crippen molar-refractivity contribution in [2.75, 3.05) is 19.6 Å². The summed E-state index contributed by atoms with van der Waals surface area (Å²) >= 11 is 0. The number of hydrogen-bond donors (Lipinski definition) is 2. The Morgan fingerprint density at radius 3 is 2.44 bits per heavy atom. The lowest BCUT2D eigenvalue weighted by Crippen LogP contribution is -2.43. The average Bonchev–Trinajstić information content (AvgIpc) is 2.11. The third kappa shape index (κ3) is 4.83. The van der Waals surface area contributed by atoms with E-state index in [0.717, 1.165) is 12.8 Å². The molecule has 6 heteroatoms. The molecule has 0 heterocycles. The van der Waals surface area contributed by atoms with Gasteiger partial charge in [0.15, 0.2) is 0 Å². The zero-order chi connectivity index (χ0) is 12.2. The van der Waals surface area contributed by atoms with E-state index in [1.165, 1.54) is 6.42 Å². The van der Waals surface area contributed by atoms with Crippen molar-refractivity contribution in [3.63, 3.8) is 0 Å². The summed E-state index contributed by atoms with van der Waals surface area (Å²) < 4.78 is 35.3. The summed E-state index contributed by atoms with van der Waals surface area (Å²) in [5.74, 6) is -0.611. The van der Waals surface area contributed by atoms with Crippen LogP contribution >= 0.6 is 0 Å². The number of carbonyl (C=O) groups is 1. The van der Waals surface area contributed by atoms with Crippen molar-refractivity contribution in [1.82, 2.24) is 10.6 Å². The van der Waals surface area contributed by atoms with E-state index in [1.807, 2.05) is 5.32 Å². The van der Waals surface area contributed by atoms with E-state index in [-0.39, 0.29) is 12.0 Å². The zero-order valence-electron chi connectivity index (χ0n) is 9.28. The molecular formula is C10H17F3N2O. The molecule has 1 amide bonds. The fourth-order valence-electron chi connectivity index (χ4n) is 1.70. The molecule has 0 aliphatic heterocycles. The Labute approximate surface area is 92.8 Å². The SMILES string of the molecule is CC1(CNCC(=O)NCC(F)(F)F)CCC1. The first-order valence-electron chi connectivity index (χ1n) is 5.35. The Balaban J connectivity index is 2.06. The lowest BCUT2D eigenvalue weighted by atomic mass is 9.70. The van der Waals surface area contributed by atoms with Crippen LogP contribution in [-0.2, 0) is 4.79 Å². The van der Waals surface area contributed by atoms with E-state index in [1.54, 1.807) is 0 Å². The molecule has 0 saturated heterocycles. The van der Waals surface area contributed by atoms with Gasteiger partial charge in [0.05, 0.1) is 6.54 Å². The van der Waals surface area contributed by atoms with Crippen LogP contribution in [0, 0.1) is 5.41 Å². The minimum Gasteiger partial charge on any atom is -0.346 e. The van der Waals surface area contributed by atoms with E-state index in [2.05, 4.69) is 12.2 Å². The van der Waals surface area contributed by atoms with Gasteiger partial charge in [0, 0.05) is 6.54 Å². The van der Waals surface area contributed by atoms with Crippen molar-refractivity contribution in [2.24, 2.45) is 5.41 Å². The van der Waals surface area contributed by atoms with Crippen LogP contribution in [-0.4, -0.2) is 31.7 Å². The first-order valence-corrected chi connectivity index (χ1v) is 5.35. The molecule has 0 unspecified atom stereocenters. The molecule has 1 aliphatic rings. The fraction of sp³-hybridized carbons (Fsp3) is 0.900. The molecule has 16 heavy (non-hydrogen) atoms. The topological polar surface area (TPSA) is 41.1 Å². The largest absolute Gasteiger partial charge is 0.405 e. The molecule has 94 valence electrons. The number of rotatable bonds is 5. The van der Waals surface area contributed by atoms with Gasteiger partial charge in [-0.1, -0.05) is 13.3 Å². The second-order valence-electron chi connectivity index (χ2n) is 4.66. The van der Waals surface area contributed by atoms with Crippen LogP contribution in [0.3, 0.4) is 0 Å². The Morgan fingerprint density at radius 2 is 2.00 bits per heavy atom. The van der Waals surface area contributed by atoms with Gasteiger partial charge < -0.3 is 10.6 Å². The maximum Gasteiger partial charge on any atom is 0.405 e. The van der Waals surface area contributed by atoms with Crippen molar-refractivity contribution in [3.05, 3.63) is 0 Å². The Morgan fingerprint density at radius 1 is 1.38 bits per heavy atom. The molecule has 1 fully saturated rings. The van der Waals surface area contributed by atoms with Crippen molar-refractivity contribution in [1.29, 1.82) is 0 Å². The summed E-state index contributed by atoms with van der Waals surface area (Å²) in [5.41, 5.74) is 0.226. The summed E-state index contributed by atoms with van der Waals surface area (Å²) in [6, 6.07) is 0. The normalized spacial score (nSPS) is 19.0. The van der Waals surface area contributed by atoms with Crippen LogP contribution in [0.25, 0.3) is 0 Å². The van der Waals surface area contributed by atoms with Gasteiger partial charge in [0.1, 0.15) is 6.54 Å². The maximum atomic E-state index is 11.8. The van der Waals surface area contributed by atoms with Crippen molar-refractivity contribution in [3.8, 4) is 0 Å². The Bertz CT molecular complexity index is 249. The van der Waals surface area contributed by atoms with Crippen molar-refractivity contribution >= 4 is 5.91 Å². The van der Waals surface area contributed by atoms with Crippen LogP contribution in [0.15, 0.2) is 0 Å². The van der Waals surface area contributed by atoms with Gasteiger partial charge in [-0.25, -0.2) is 0 Å². The van der Waals surface area contributed by atoms with Crippen LogP contribution < -0.4 is 10.6 Å². The maximum absolute atomic E-state index is 11.8. The van der Waals surface area contributed by atoms with Gasteiger partial charge >= 0.3 is 6.18 Å². The second kappa shape index (κ2) is 5.03. The highest BCUT2D eigenvalue weighted by molar-refractivity contribution is 5.78. The molecule has 1 rings (SSSR count). The molecule has 0 aromatic heterocycles. The Kier molecular flexibility index (Phi) is 4.18. The van der Waals surface area contributed by atoms with Gasteiger partial charge in [-0.3, -0.25) is 4.79 Å². The van der Waals surface area contributed by atoms with Gasteiger partial charge in [0.25, 0.3) is 0 Å². The Hall–Kier alpha value is -0.780. The minimum atomic E-state index is -4.34. The quantitative estimate of drug-likeness (QED) is 0.761. The monoisotopic (exact) mass is 238 g/mol. The molecule has 0 aromatic carbocycles. The lowest BCUT2D eigenvalue weighted by molar-refractivity contribution is -0.137. The molecular weight excluding hydrogens is 221 g/mol. The number of hydrogen-bond acceptors (Lipinski definition) is 2. The number of amides is 1. The summed E-state index contributed by atoms with van der Waals surface area (Å²) in [7, 11) is 0. The smallest absolute Gasteiger partial charge is 0.346 e. The van der Waals surface area contributed by atoms with Crippen LogP contribution in [0.4, 0.5) is 13.2 Å². The van der Waals surface area contributed by atoms with E-state index in [4.69, 9.17) is 0 Å². The van der Waals surface area contributed by atoms with Crippen LogP contribution in [0.1, 0.15) is 26.2 Å². The van der Waals surface area contributed by atoms with Gasteiger partial charge in [0.2, 0.25) is 5.91 Å². The summed E-state index contributed by atoms with van der Waals surface area (Å²) in [4.78, 5) is 11.0. The highest BCUT2D eigenvalue weighted by atomic mass is 19.4. The average molecular weight is 238 g/mol. The third-order valence-corrected chi connectivity index (χ3v) is 2.88. The van der Waals surface area contributed by atoms with Crippen LogP contribution in [0.5, 0.6) is 0 Å². The molecule has 1 aliphatic carbocycles. The summed E-state index contributed by atoms with van der Waals surface area (Å²) in [6.07, 6.45) is -0.914. The predicted octanol–water partition coefficient (Wildman–Crippen LogP) is 1.44. The molecule has 0 bridgehead atoms. The molecule has 0 aromatic rings. The van der Waals surface area contributed by atoms with Gasteiger partial charge in [-0.05, 0) is 18.3 Å². The number of alkyl halides is 3. The van der Waals surface area contributed by atoms with E-state index >= 15 is 0 Å². The van der Waals surface area contributed by atoms with Crippen LogP contribution in [0.2, 0.25) is 0 Å². The molecule has 0 radical (unpaired) electrons. The van der Waals surface area contributed by atoms with E-state index in [0.29, 0.717) is 6.54 Å². The van der Waals surface area contributed by atoms with Crippen molar-refractivity contribution < 1.29 is 18.0 Å². The first kappa shape index (κ1) is 13.3. The molecule has 0 spiro atoms. The van der Waals surface area contributed by atoms with E-state index < -0.39 is 18.6 Å². The number of nitrogens with one attached hydrogen (secondary N) is 2. The highest BCUT2D eigenvalue weighted by Crippen LogP contribution is 2.39. The first-order chi connectivity index (χ1) is 7.31. The number of halogens is 3. The summed E-state index contributed by atoms with van der Waals surface area (Å²) in [6.45, 7) is 1.49. The minimum absolute atomic E-state index is 0.0499. The molecule has 3 nitrogen and oxygen atoms in total. The van der Waals surface area contributed by atoms with Crippen molar-refractivity contribution in [2.45, 2.75) is 32.4 Å². The molecule has 1 saturated carbocycles. The fourth-order valence-corrected chi connectivity index (χ4v) is 1.70. The lowest BCUT2D eigenvalue weighted by Gasteiger charge is -2.38. The van der Waals surface area contributed by atoms with E-state index in [9.17, 15) is 18.0 Å². The van der Waals surface area contributed by atoms with Gasteiger partial charge in [-0.15, -0.1) is 0 Å². The highest BCUT2D eigenvalue weighted by Gasteiger charge is 2.31. The molecule has 2 N–H and O–H groups in total. The third-order valence-electron chi connectivity index (χ3n) is 2.88. The zero-order valence-corrected chi connectivity index (χ0v) is 9.28. The van der Waals surface area contributed by atoms with Gasteiger partial charge in [-0.2, -0.15) is 13.2 Å². The summed E-state index contributed by atoms with van der Waals surface area (Å²) in [5, 5.41) is 4.70.